The first kappa shape index (κ1) is 20.6. The molecule has 2 heterocycles. The first-order valence-corrected chi connectivity index (χ1v) is 10.8. The van der Waals surface area contributed by atoms with Crippen LogP contribution in [0.15, 0.2) is 70.1 Å². The molecule has 0 saturated carbocycles. The molecule has 0 fully saturated rings. The third-order valence-corrected chi connectivity index (χ3v) is 6.01. The highest BCUT2D eigenvalue weighted by Gasteiger charge is 2.24. The van der Waals surface area contributed by atoms with Crippen LogP contribution in [0.5, 0.6) is 0 Å². The van der Waals surface area contributed by atoms with E-state index in [9.17, 15) is 8.78 Å². The van der Waals surface area contributed by atoms with Crippen molar-refractivity contribution in [2.75, 3.05) is 0 Å². The number of hydrogen-bond acceptors (Lipinski definition) is 3. The van der Waals surface area contributed by atoms with E-state index in [0.29, 0.717) is 18.0 Å². The van der Waals surface area contributed by atoms with Crippen molar-refractivity contribution in [1.29, 1.82) is 0 Å². The van der Waals surface area contributed by atoms with E-state index in [1.54, 1.807) is 0 Å². The fourth-order valence-corrected chi connectivity index (χ4v) is 4.16. The molecule has 32 heavy (non-hydrogen) atoms. The molecule has 1 aliphatic heterocycles. The molecular weight excluding hydrogens is 406 g/mol. The lowest BCUT2D eigenvalue weighted by atomic mass is 9.87. The average Bonchev–Trinajstić information content (AvgIpc) is 3.40. The van der Waals surface area contributed by atoms with Crippen molar-refractivity contribution in [2.24, 2.45) is 4.99 Å². The summed E-state index contributed by atoms with van der Waals surface area (Å²) in [6.45, 7) is 6.52. The van der Waals surface area contributed by atoms with Gasteiger partial charge >= 0.3 is 0 Å². The quantitative estimate of drug-likeness (QED) is 0.340. The topological polar surface area (TPSA) is 38.4 Å². The van der Waals surface area contributed by atoms with Gasteiger partial charge in [-0.05, 0) is 65.8 Å². The molecule has 162 valence electrons. The molecule has 1 atom stereocenters. The minimum Gasteiger partial charge on any atom is -0.436 e. The van der Waals surface area contributed by atoms with Gasteiger partial charge in [-0.3, -0.25) is 4.99 Å². The largest absolute Gasteiger partial charge is 0.436 e. The van der Waals surface area contributed by atoms with Crippen LogP contribution in [0, 0.1) is 11.6 Å². The monoisotopic (exact) mass is 430 g/mol. The van der Waals surface area contributed by atoms with E-state index < -0.39 is 11.6 Å². The Morgan fingerprint density at radius 2 is 1.66 bits per heavy atom. The van der Waals surface area contributed by atoms with E-state index in [0.717, 1.165) is 28.6 Å². The van der Waals surface area contributed by atoms with Crippen LogP contribution in [0.25, 0.3) is 22.6 Å². The molecule has 3 aromatic carbocycles. The van der Waals surface area contributed by atoms with Gasteiger partial charge in [-0.1, -0.05) is 45.0 Å². The van der Waals surface area contributed by atoms with E-state index in [1.807, 2.05) is 30.3 Å². The van der Waals surface area contributed by atoms with Crippen LogP contribution in [0.4, 0.5) is 8.78 Å². The molecule has 0 bridgehead atoms. The molecule has 1 aromatic heterocycles. The SMILES string of the molecule is CC(C)(C)c1ccc2oc(-c3ccc(C4CCC(c5c(F)cccc5F)=N4)cc3)nc2c1. The molecule has 5 rings (SSSR count). The lowest BCUT2D eigenvalue weighted by molar-refractivity contribution is 0.578. The normalized spacial score (nSPS) is 16.5. The van der Waals surface area contributed by atoms with Gasteiger partial charge in [-0.15, -0.1) is 0 Å². The van der Waals surface area contributed by atoms with Crippen molar-refractivity contribution >= 4 is 16.8 Å². The Morgan fingerprint density at radius 1 is 0.938 bits per heavy atom. The third kappa shape index (κ3) is 3.72. The van der Waals surface area contributed by atoms with Crippen LogP contribution >= 0.6 is 0 Å². The number of nitrogens with zero attached hydrogens (tertiary/aromatic N) is 2. The molecule has 0 spiro atoms. The Balaban J connectivity index is 1.41. The standard InChI is InChI=1S/C27H24F2N2O/c1-27(2,3)18-11-14-24-23(15-18)31-26(32-24)17-9-7-16(8-10-17)21-12-13-22(30-21)25-19(28)5-4-6-20(25)29/h4-11,14-15,21H,12-13H2,1-3H3. The molecule has 5 heteroatoms. The van der Waals surface area contributed by atoms with Crippen LogP contribution < -0.4 is 0 Å². The number of fused-ring (bicyclic) bond motifs is 1. The summed E-state index contributed by atoms with van der Waals surface area (Å²) in [6.07, 6.45) is 1.27. The fourth-order valence-electron chi connectivity index (χ4n) is 4.16. The molecule has 3 nitrogen and oxygen atoms in total. The average molecular weight is 430 g/mol. The Kier molecular flexibility index (Phi) is 4.92. The number of aliphatic imine (C=N–C) groups is 1. The van der Waals surface area contributed by atoms with Crippen LogP contribution in [-0.2, 0) is 5.41 Å². The van der Waals surface area contributed by atoms with Gasteiger partial charge in [0.05, 0.1) is 11.6 Å². The lowest BCUT2D eigenvalue weighted by Gasteiger charge is -2.18. The van der Waals surface area contributed by atoms with E-state index in [1.165, 1.54) is 23.8 Å². The van der Waals surface area contributed by atoms with Gasteiger partial charge in [-0.2, -0.15) is 0 Å². The Labute approximate surface area is 185 Å². The molecule has 1 unspecified atom stereocenters. The van der Waals surface area contributed by atoms with E-state index in [2.05, 4.69) is 42.9 Å². The summed E-state index contributed by atoms with van der Waals surface area (Å²) in [7, 11) is 0. The van der Waals surface area contributed by atoms with Gasteiger partial charge in [0.25, 0.3) is 0 Å². The molecule has 1 aliphatic rings. The predicted octanol–water partition coefficient (Wildman–Crippen LogP) is 7.39. The van der Waals surface area contributed by atoms with Crippen molar-refractivity contribution in [3.8, 4) is 11.5 Å². The van der Waals surface area contributed by atoms with Crippen molar-refractivity contribution in [3.05, 3.63) is 89.0 Å². The fraction of sp³-hybridized carbons (Fsp3) is 0.259. The van der Waals surface area contributed by atoms with Crippen molar-refractivity contribution < 1.29 is 13.2 Å². The maximum Gasteiger partial charge on any atom is 0.227 e. The van der Waals surface area contributed by atoms with Gasteiger partial charge < -0.3 is 4.42 Å². The summed E-state index contributed by atoms with van der Waals surface area (Å²) in [4.78, 5) is 9.30. The lowest BCUT2D eigenvalue weighted by Crippen LogP contribution is -2.10. The summed E-state index contributed by atoms with van der Waals surface area (Å²) in [5, 5.41) is 0. The second-order valence-corrected chi connectivity index (χ2v) is 9.30. The highest BCUT2D eigenvalue weighted by Crippen LogP contribution is 2.34. The summed E-state index contributed by atoms with van der Waals surface area (Å²) < 4.78 is 34.2. The zero-order valence-corrected chi connectivity index (χ0v) is 18.3. The predicted molar refractivity (Wildman–Crippen MR) is 123 cm³/mol. The number of halogens is 2. The Bertz CT molecular complexity index is 1310. The van der Waals surface area contributed by atoms with Crippen LogP contribution in [0.2, 0.25) is 0 Å². The molecule has 0 saturated heterocycles. The zero-order chi connectivity index (χ0) is 22.5. The number of oxazole rings is 1. The van der Waals surface area contributed by atoms with Gasteiger partial charge in [0.2, 0.25) is 5.89 Å². The maximum absolute atomic E-state index is 14.1. The van der Waals surface area contributed by atoms with Gasteiger partial charge in [0, 0.05) is 11.3 Å². The van der Waals surface area contributed by atoms with Gasteiger partial charge in [-0.25, -0.2) is 13.8 Å². The van der Waals surface area contributed by atoms with E-state index >= 15 is 0 Å². The number of benzene rings is 3. The van der Waals surface area contributed by atoms with Crippen molar-refractivity contribution in [1.82, 2.24) is 4.98 Å². The van der Waals surface area contributed by atoms with E-state index in [4.69, 9.17) is 4.42 Å². The Hall–Kier alpha value is -3.34. The zero-order valence-electron chi connectivity index (χ0n) is 18.3. The maximum atomic E-state index is 14.1. The van der Waals surface area contributed by atoms with Crippen molar-refractivity contribution in [2.45, 2.75) is 45.1 Å². The summed E-state index contributed by atoms with van der Waals surface area (Å²) in [6, 6.07) is 17.8. The highest BCUT2D eigenvalue weighted by atomic mass is 19.1. The molecule has 0 aliphatic carbocycles. The Morgan fingerprint density at radius 3 is 2.34 bits per heavy atom. The molecular formula is C27H24F2N2O. The highest BCUT2D eigenvalue weighted by molar-refractivity contribution is 6.02. The smallest absolute Gasteiger partial charge is 0.227 e. The number of rotatable bonds is 3. The first-order chi connectivity index (χ1) is 15.3. The molecule has 4 aromatic rings. The third-order valence-electron chi connectivity index (χ3n) is 6.01. The summed E-state index contributed by atoms with van der Waals surface area (Å²) >= 11 is 0. The van der Waals surface area contributed by atoms with Crippen molar-refractivity contribution in [3.63, 3.8) is 0 Å². The minimum absolute atomic E-state index is 0.00674. The van der Waals surface area contributed by atoms with Gasteiger partial charge in [0.1, 0.15) is 17.2 Å². The number of hydrogen-bond donors (Lipinski definition) is 0. The van der Waals surface area contributed by atoms with E-state index in [-0.39, 0.29) is 17.0 Å². The second-order valence-electron chi connectivity index (χ2n) is 9.30. The van der Waals surface area contributed by atoms with Crippen LogP contribution in [0.1, 0.15) is 56.3 Å². The van der Waals surface area contributed by atoms with Gasteiger partial charge in [0.15, 0.2) is 5.58 Å². The van der Waals surface area contributed by atoms with Crippen LogP contribution in [-0.4, -0.2) is 10.7 Å². The summed E-state index contributed by atoms with van der Waals surface area (Å²) in [5.41, 5.74) is 5.22. The molecule has 0 amide bonds. The number of aromatic nitrogens is 1. The first-order valence-electron chi connectivity index (χ1n) is 10.8. The molecule has 0 N–H and O–H groups in total. The van der Waals surface area contributed by atoms with Crippen LogP contribution in [0.3, 0.4) is 0 Å². The minimum atomic E-state index is -0.565. The summed E-state index contributed by atoms with van der Waals surface area (Å²) in [5.74, 6) is -0.558. The molecule has 0 radical (unpaired) electrons. The second kappa shape index (κ2) is 7.66.